The van der Waals surface area contributed by atoms with E-state index in [1.807, 2.05) is 0 Å². The lowest BCUT2D eigenvalue weighted by Crippen LogP contribution is -2.08. The maximum absolute atomic E-state index is 12.7. The second-order valence-corrected chi connectivity index (χ2v) is 3.82. The van der Waals surface area contributed by atoms with Crippen molar-refractivity contribution in [3.05, 3.63) is 29.8 Å². The zero-order valence-corrected chi connectivity index (χ0v) is 8.78. The Morgan fingerprint density at radius 2 is 2.00 bits per heavy atom. The number of halogens is 3. The summed E-state index contributed by atoms with van der Waals surface area (Å²) in [6.07, 6.45) is -1.81. The normalized spacial score (nSPS) is 12.6. The van der Waals surface area contributed by atoms with Gasteiger partial charge in [-0.05, 0) is 12.0 Å². The highest BCUT2D eigenvalue weighted by molar-refractivity contribution is 5.60. The van der Waals surface area contributed by atoms with Crippen LogP contribution in [0.15, 0.2) is 18.6 Å². The number of fused-ring (bicyclic) bond motifs is 1. The molecule has 2 heterocycles. The van der Waals surface area contributed by atoms with E-state index < -0.39 is 11.7 Å². The molecule has 86 valence electrons. The number of hydrogen-bond donors (Lipinski definition) is 0. The first kappa shape index (κ1) is 10.9. The lowest BCUT2D eigenvalue weighted by molar-refractivity contribution is -0.136. The van der Waals surface area contributed by atoms with E-state index >= 15 is 0 Å². The van der Waals surface area contributed by atoms with Crippen LogP contribution in [0, 0.1) is 0 Å². The van der Waals surface area contributed by atoms with Crippen molar-refractivity contribution in [1.82, 2.24) is 14.6 Å². The van der Waals surface area contributed by atoms with Gasteiger partial charge in [0.05, 0.1) is 16.8 Å². The molecular formula is C10H10F3N3. The zero-order valence-electron chi connectivity index (χ0n) is 8.78. The van der Waals surface area contributed by atoms with Crippen molar-refractivity contribution in [1.29, 1.82) is 0 Å². The summed E-state index contributed by atoms with van der Waals surface area (Å²) in [5, 5.41) is 3.76. The lowest BCUT2D eigenvalue weighted by Gasteiger charge is -2.10. The molecule has 0 fully saturated rings. The molecule has 0 aliphatic carbocycles. The van der Waals surface area contributed by atoms with Gasteiger partial charge in [-0.1, -0.05) is 13.8 Å². The van der Waals surface area contributed by atoms with Gasteiger partial charge < -0.3 is 0 Å². The number of rotatable bonds is 1. The van der Waals surface area contributed by atoms with Crippen LogP contribution in [0.2, 0.25) is 0 Å². The monoisotopic (exact) mass is 229 g/mol. The van der Waals surface area contributed by atoms with Gasteiger partial charge in [-0.3, -0.25) is 0 Å². The first-order chi connectivity index (χ1) is 7.41. The third-order valence-corrected chi connectivity index (χ3v) is 2.33. The van der Waals surface area contributed by atoms with E-state index in [0.717, 1.165) is 6.07 Å². The summed E-state index contributed by atoms with van der Waals surface area (Å²) in [4.78, 5) is 3.92. The summed E-state index contributed by atoms with van der Waals surface area (Å²) < 4.78 is 39.4. The molecule has 3 nitrogen and oxygen atoms in total. The van der Waals surface area contributed by atoms with Gasteiger partial charge in [0.25, 0.3) is 0 Å². The standard InChI is InChI=1S/C10H10F3N3/c1-6(2)8-9-7(10(11,12)13)3-4-16(9)15-5-14-8/h3-6H,1-2H3. The molecule has 0 unspecified atom stereocenters. The first-order valence-electron chi connectivity index (χ1n) is 4.80. The molecule has 0 aromatic carbocycles. The second-order valence-electron chi connectivity index (χ2n) is 3.82. The van der Waals surface area contributed by atoms with Crippen LogP contribution in [0.25, 0.3) is 5.52 Å². The topological polar surface area (TPSA) is 30.2 Å². The summed E-state index contributed by atoms with van der Waals surface area (Å²) in [5.74, 6) is -0.0819. The summed E-state index contributed by atoms with van der Waals surface area (Å²) in [6, 6.07) is 1.02. The van der Waals surface area contributed by atoms with Gasteiger partial charge in [-0.15, -0.1) is 0 Å². The minimum absolute atomic E-state index is 0.0463. The Kier molecular flexibility index (Phi) is 2.36. The molecule has 6 heteroatoms. The van der Waals surface area contributed by atoms with Crippen LogP contribution in [0.1, 0.15) is 31.0 Å². The fourth-order valence-electron chi connectivity index (χ4n) is 1.63. The molecule has 0 atom stereocenters. The van der Waals surface area contributed by atoms with E-state index in [9.17, 15) is 13.2 Å². The minimum atomic E-state index is -4.37. The van der Waals surface area contributed by atoms with Crippen LogP contribution in [0.5, 0.6) is 0 Å². The quantitative estimate of drug-likeness (QED) is 0.752. The van der Waals surface area contributed by atoms with Gasteiger partial charge in [0, 0.05) is 6.20 Å². The molecule has 2 aromatic rings. The van der Waals surface area contributed by atoms with Crippen molar-refractivity contribution in [2.24, 2.45) is 0 Å². The Morgan fingerprint density at radius 1 is 1.31 bits per heavy atom. The van der Waals surface area contributed by atoms with Crippen molar-refractivity contribution in [3.63, 3.8) is 0 Å². The van der Waals surface area contributed by atoms with E-state index in [-0.39, 0.29) is 11.4 Å². The molecule has 2 aromatic heterocycles. The van der Waals surface area contributed by atoms with Crippen LogP contribution in [-0.4, -0.2) is 14.6 Å². The Balaban J connectivity index is 2.78. The fraction of sp³-hybridized carbons (Fsp3) is 0.400. The van der Waals surface area contributed by atoms with Gasteiger partial charge in [0.1, 0.15) is 6.33 Å². The predicted octanol–water partition coefficient (Wildman–Crippen LogP) is 2.87. The average molecular weight is 229 g/mol. The molecule has 0 aliphatic heterocycles. The number of hydrogen-bond acceptors (Lipinski definition) is 2. The van der Waals surface area contributed by atoms with Crippen molar-refractivity contribution in [3.8, 4) is 0 Å². The highest BCUT2D eigenvalue weighted by atomic mass is 19.4. The van der Waals surface area contributed by atoms with Crippen molar-refractivity contribution in [2.45, 2.75) is 25.9 Å². The Hall–Kier alpha value is -1.59. The van der Waals surface area contributed by atoms with E-state index in [4.69, 9.17) is 0 Å². The largest absolute Gasteiger partial charge is 0.418 e. The van der Waals surface area contributed by atoms with Crippen molar-refractivity contribution >= 4 is 5.52 Å². The Morgan fingerprint density at radius 3 is 2.56 bits per heavy atom. The van der Waals surface area contributed by atoms with E-state index in [1.165, 1.54) is 17.0 Å². The maximum Gasteiger partial charge on any atom is 0.418 e. The molecule has 16 heavy (non-hydrogen) atoms. The average Bonchev–Trinajstić information content (AvgIpc) is 2.59. The molecular weight excluding hydrogens is 219 g/mol. The SMILES string of the molecule is CC(C)c1ncnn2ccc(C(F)(F)F)c12. The van der Waals surface area contributed by atoms with E-state index in [0.29, 0.717) is 5.69 Å². The molecule has 0 bridgehead atoms. The van der Waals surface area contributed by atoms with Crippen molar-refractivity contribution < 1.29 is 13.2 Å². The molecule has 0 amide bonds. The minimum Gasteiger partial charge on any atom is -0.237 e. The third-order valence-electron chi connectivity index (χ3n) is 2.33. The second kappa shape index (κ2) is 3.47. The highest BCUT2D eigenvalue weighted by Gasteiger charge is 2.35. The van der Waals surface area contributed by atoms with Crippen LogP contribution in [0.3, 0.4) is 0 Å². The first-order valence-corrected chi connectivity index (χ1v) is 4.80. The molecule has 0 spiro atoms. The molecule has 0 N–H and O–H groups in total. The van der Waals surface area contributed by atoms with Crippen LogP contribution >= 0.6 is 0 Å². The molecule has 0 saturated carbocycles. The summed E-state index contributed by atoms with van der Waals surface area (Å²) in [5.41, 5.74) is -0.228. The van der Waals surface area contributed by atoms with Crippen LogP contribution in [0.4, 0.5) is 13.2 Å². The van der Waals surface area contributed by atoms with Crippen LogP contribution in [-0.2, 0) is 6.18 Å². The third kappa shape index (κ3) is 1.64. The van der Waals surface area contributed by atoms with Gasteiger partial charge >= 0.3 is 6.18 Å². The van der Waals surface area contributed by atoms with Gasteiger partial charge in [0.15, 0.2) is 0 Å². The summed E-state index contributed by atoms with van der Waals surface area (Å²) in [7, 11) is 0. The molecule has 0 aliphatic rings. The Labute approximate surface area is 89.9 Å². The smallest absolute Gasteiger partial charge is 0.237 e. The summed E-state index contributed by atoms with van der Waals surface area (Å²) >= 11 is 0. The van der Waals surface area contributed by atoms with Gasteiger partial charge in [0.2, 0.25) is 0 Å². The predicted molar refractivity (Wildman–Crippen MR) is 52.1 cm³/mol. The number of aromatic nitrogens is 3. The maximum atomic E-state index is 12.7. The van der Waals surface area contributed by atoms with E-state index in [1.54, 1.807) is 13.8 Å². The molecule has 0 saturated heterocycles. The molecule has 2 rings (SSSR count). The van der Waals surface area contributed by atoms with Gasteiger partial charge in [-0.25, -0.2) is 9.50 Å². The number of alkyl halides is 3. The number of nitrogens with zero attached hydrogens (tertiary/aromatic N) is 3. The molecule has 0 radical (unpaired) electrons. The van der Waals surface area contributed by atoms with Crippen molar-refractivity contribution in [2.75, 3.05) is 0 Å². The highest BCUT2D eigenvalue weighted by Crippen LogP contribution is 2.35. The fourth-order valence-corrected chi connectivity index (χ4v) is 1.63. The Bertz CT molecular complexity index is 513. The zero-order chi connectivity index (χ0) is 11.9. The van der Waals surface area contributed by atoms with E-state index in [2.05, 4.69) is 10.1 Å². The van der Waals surface area contributed by atoms with Gasteiger partial charge in [-0.2, -0.15) is 18.3 Å². The van der Waals surface area contributed by atoms with Crippen LogP contribution < -0.4 is 0 Å². The lowest BCUT2D eigenvalue weighted by atomic mass is 10.1. The summed E-state index contributed by atoms with van der Waals surface area (Å²) in [6.45, 7) is 3.60.